The molecule has 0 aliphatic heterocycles. The van der Waals surface area contributed by atoms with E-state index in [1.165, 1.54) is 0 Å². The van der Waals surface area contributed by atoms with Gasteiger partial charge in [-0.15, -0.1) is 23.1 Å². The van der Waals surface area contributed by atoms with Crippen molar-refractivity contribution in [1.29, 1.82) is 0 Å². The smallest absolute Gasteiger partial charge is 0.225 e. The molecule has 0 unspecified atom stereocenters. The Morgan fingerprint density at radius 2 is 1.86 bits per heavy atom. The number of nitrogens with one attached hydrogen (secondary N) is 1. The Morgan fingerprint density at radius 1 is 1.07 bits per heavy atom. The number of hydrogen-bond donors (Lipinski definition) is 1. The molecule has 0 aliphatic rings. The Bertz CT molecular complexity index is 1100. The Kier molecular flexibility index (Phi) is 6.04. The molecule has 0 saturated heterocycles. The van der Waals surface area contributed by atoms with Crippen LogP contribution in [0.25, 0.3) is 21.3 Å². The van der Waals surface area contributed by atoms with Crippen LogP contribution in [-0.4, -0.2) is 21.6 Å². The Labute approximate surface area is 179 Å². The molecule has 1 amide bonds. The Balaban J connectivity index is 1.49. The van der Waals surface area contributed by atoms with Crippen LogP contribution in [0.2, 0.25) is 0 Å². The lowest BCUT2D eigenvalue weighted by Crippen LogP contribution is -2.12. The van der Waals surface area contributed by atoms with E-state index in [-0.39, 0.29) is 5.91 Å². The second kappa shape index (κ2) is 8.86. The van der Waals surface area contributed by atoms with Crippen molar-refractivity contribution in [3.8, 4) is 11.1 Å². The van der Waals surface area contributed by atoms with Gasteiger partial charge in [-0.1, -0.05) is 46.3 Å². The highest BCUT2D eigenvalue weighted by Crippen LogP contribution is 2.38. The molecule has 7 heteroatoms. The van der Waals surface area contributed by atoms with Crippen molar-refractivity contribution >= 4 is 60.8 Å². The van der Waals surface area contributed by atoms with E-state index in [2.05, 4.69) is 48.7 Å². The minimum Gasteiger partial charge on any atom is -0.326 e. The molecule has 2 heterocycles. The Hall–Kier alpha value is -2.22. The van der Waals surface area contributed by atoms with Gasteiger partial charge in [0.05, 0.1) is 5.39 Å². The van der Waals surface area contributed by atoms with E-state index < -0.39 is 0 Å². The number of nitrogens with zero attached hydrogens (tertiary/aromatic N) is 2. The molecule has 0 fully saturated rings. The number of carbonyl (C=O) groups is 1. The second-order valence-electron chi connectivity index (χ2n) is 6.03. The lowest BCUT2D eigenvalue weighted by atomic mass is 10.1. The quantitative estimate of drug-likeness (QED) is 0.268. The van der Waals surface area contributed by atoms with Crippen molar-refractivity contribution in [2.24, 2.45) is 0 Å². The predicted molar refractivity (Wildman–Crippen MR) is 121 cm³/mol. The number of carbonyl (C=O) groups excluding carboxylic acids is 1. The third-order valence-electron chi connectivity index (χ3n) is 4.12. The van der Waals surface area contributed by atoms with Gasteiger partial charge >= 0.3 is 0 Å². The molecule has 4 rings (SSSR count). The molecular weight excluding hydrogens is 454 g/mol. The molecule has 4 aromatic rings. The summed E-state index contributed by atoms with van der Waals surface area (Å²) in [6, 6.07) is 17.7. The zero-order chi connectivity index (χ0) is 19.3. The van der Waals surface area contributed by atoms with Gasteiger partial charge in [-0.05, 0) is 29.8 Å². The number of halogens is 1. The van der Waals surface area contributed by atoms with Crippen LogP contribution in [0.1, 0.15) is 6.42 Å². The van der Waals surface area contributed by atoms with Crippen LogP contribution in [0.5, 0.6) is 0 Å². The number of aromatic nitrogens is 2. The molecule has 0 aliphatic carbocycles. The number of anilines is 1. The molecule has 0 spiro atoms. The number of fused-ring (bicyclic) bond motifs is 1. The van der Waals surface area contributed by atoms with Crippen LogP contribution in [0.3, 0.4) is 0 Å². The summed E-state index contributed by atoms with van der Waals surface area (Å²) in [4.78, 5) is 22.0. The zero-order valence-corrected chi connectivity index (χ0v) is 18.0. The number of hydrogen-bond acceptors (Lipinski definition) is 5. The first kappa shape index (κ1) is 19.1. The summed E-state index contributed by atoms with van der Waals surface area (Å²) in [6.45, 7) is 0. The molecule has 2 aromatic heterocycles. The highest BCUT2D eigenvalue weighted by atomic mass is 79.9. The van der Waals surface area contributed by atoms with E-state index in [4.69, 9.17) is 0 Å². The zero-order valence-electron chi connectivity index (χ0n) is 14.8. The van der Waals surface area contributed by atoms with Crippen LogP contribution in [0.15, 0.2) is 75.8 Å². The molecule has 2 aromatic carbocycles. The summed E-state index contributed by atoms with van der Waals surface area (Å²) in [5.41, 5.74) is 3.08. The van der Waals surface area contributed by atoms with E-state index >= 15 is 0 Å². The van der Waals surface area contributed by atoms with Crippen molar-refractivity contribution < 1.29 is 4.79 Å². The minimum atomic E-state index is 0.00227. The summed E-state index contributed by atoms with van der Waals surface area (Å²) in [7, 11) is 0. The molecular formula is C21H16BrN3OS2. The summed E-state index contributed by atoms with van der Waals surface area (Å²) in [5, 5.41) is 7.01. The maximum atomic E-state index is 12.2. The van der Waals surface area contributed by atoms with Crippen molar-refractivity contribution in [3.05, 3.63) is 70.8 Å². The molecule has 0 atom stereocenters. The molecule has 140 valence electrons. The van der Waals surface area contributed by atoms with Gasteiger partial charge in [-0.2, -0.15) is 0 Å². The highest BCUT2D eigenvalue weighted by Gasteiger charge is 2.14. The second-order valence-corrected chi connectivity index (χ2v) is 8.89. The van der Waals surface area contributed by atoms with E-state index in [9.17, 15) is 4.79 Å². The third-order valence-corrected chi connectivity index (χ3v) is 6.52. The lowest BCUT2D eigenvalue weighted by molar-refractivity contribution is -0.115. The van der Waals surface area contributed by atoms with E-state index in [0.717, 1.165) is 36.5 Å². The van der Waals surface area contributed by atoms with Crippen LogP contribution < -0.4 is 5.32 Å². The molecule has 0 radical (unpaired) electrons. The first-order valence-electron chi connectivity index (χ1n) is 8.66. The first-order chi connectivity index (χ1) is 13.7. The highest BCUT2D eigenvalue weighted by molar-refractivity contribution is 9.10. The van der Waals surface area contributed by atoms with Crippen LogP contribution in [0, 0.1) is 0 Å². The molecule has 1 N–H and O–H groups in total. The van der Waals surface area contributed by atoms with Crippen molar-refractivity contribution in [2.45, 2.75) is 11.4 Å². The molecule has 0 saturated carbocycles. The maximum Gasteiger partial charge on any atom is 0.225 e. The van der Waals surface area contributed by atoms with Gasteiger partial charge < -0.3 is 5.32 Å². The van der Waals surface area contributed by atoms with Crippen molar-refractivity contribution in [1.82, 2.24) is 9.97 Å². The van der Waals surface area contributed by atoms with E-state index in [0.29, 0.717) is 12.2 Å². The largest absolute Gasteiger partial charge is 0.326 e. The monoisotopic (exact) mass is 469 g/mol. The van der Waals surface area contributed by atoms with Crippen LogP contribution in [-0.2, 0) is 4.79 Å². The number of thiophene rings is 1. The van der Waals surface area contributed by atoms with Crippen molar-refractivity contribution in [2.75, 3.05) is 11.1 Å². The average Bonchev–Trinajstić information content (AvgIpc) is 3.14. The summed E-state index contributed by atoms with van der Waals surface area (Å²) >= 11 is 6.68. The molecule has 0 bridgehead atoms. The summed E-state index contributed by atoms with van der Waals surface area (Å²) < 4.78 is 1.05. The lowest BCUT2D eigenvalue weighted by Gasteiger charge is -2.07. The van der Waals surface area contributed by atoms with Gasteiger partial charge in [0.1, 0.15) is 16.2 Å². The van der Waals surface area contributed by atoms with Crippen LogP contribution in [0.4, 0.5) is 5.69 Å². The number of amides is 1. The Morgan fingerprint density at radius 3 is 2.64 bits per heavy atom. The topological polar surface area (TPSA) is 54.9 Å². The fraction of sp³-hybridized carbons (Fsp3) is 0.0952. The fourth-order valence-electron chi connectivity index (χ4n) is 2.78. The van der Waals surface area contributed by atoms with E-state index in [1.54, 1.807) is 29.4 Å². The van der Waals surface area contributed by atoms with E-state index in [1.807, 2.05) is 42.5 Å². The summed E-state index contributed by atoms with van der Waals surface area (Å²) in [5.74, 6) is 0.655. The fourth-order valence-corrected chi connectivity index (χ4v) is 4.98. The van der Waals surface area contributed by atoms with Crippen LogP contribution >= 0.6 is 39.0 Å². The van der Waals surface area contributed by atoms with Crippen molar-refractivity contribution in [3.63, 3.8) is 0 Å². The van der Waals surface area contributed by atoms with Gasteiger partial charge in [0.25, 0.3) is 0 Å². The van der Waals surface area contributed by atoms with Gasteiger partial charge in [0.15, 0.2) is 0 Å². The van der Waals surface area contributed by atoms with Gasteiger partial charge in [0, 0.05) is 33.3 Å². The average molecular weight is 470 g/mol. The standard InChI is InChI=1S/C21H16BrN3OS2/c22-15-8-6-14(7-9-15)17-12-28-21-19(17)20(23-13-24-21)27-11-10-18(26)25-16-4-2-1-3-5-16/h1-9,12-13H,10-11H2,(H,25,26). The number of thioether (sulfide) groups is 1. The third kappa shape index (κ3) is 4.43. The normalized spacial score (nSPS) is 10.9. The van der Waals surface area contributed by atoms with Gasteiger partial charge in [-0.25, -0.2) is 9.97 Å². The maximum absolute atomic E-state index is 12.2. The number of rotatable bonds is 6. The SMILES string of the molecule is O=C(CCSc1ncnc2scc(-c3ccc(Br)cc3)c12)Nc1ccccc1. The molecule has 28 heavy (non-hydrogen) atoms. The predicted octanol–water partition coefficient (Wildman–Crippen LogP) is 6.24. The number of benzene rings is 2. The van der Waals surface area contributed by atoms with Gasteiger partial charge in [0.2, 0.25) is 5.91 Å². The first-order valence-corrected chi connectivity index (χ1v) is 11.3. The minimum absolute atomic E-state index is 0.00227. The van der Waals surface area contributed by atoms with Gasteiger partial charge in [-0.3, -0.25) is 4.79 Å². The molecule has 4 nitrogen and oxygen atoms in total. The summed E-state index contributed by atoms with van der Waals surface area (Å²) in [6.07, 6.45) is 2.01. The number of para-hydroxylation sites is 1.